The first-order chi connectivity index (χ1) is 10.1. The van der Waals surface area contributed by atoms with E-state index in [0.29, 0.717) is 0 Å². The maximum Gasteiger partial charge on any atom is 0.413 e. The summed E-state index contributed by atoms with van der Waals surface area (Å²) in [6.45, 7) is -0.00877. The molecule has 2 N–H and O–H groups in total. The SMILES string of the molecule is O=C(Nc1ncnc(C(=O)O)c1F)OCc1ccccc1. The number of halogens is 1. The van der Waals surface area contributed by atoms with Gasteiger partial charge < -0.3 is 9.84 Å². The molecule has 0 saturated heterocycles. The van der Waals surface area contributed by atoms with Crippen LogP contribution in [0.1, 0.15) is 16.1 Å². The lowest BCUT2D eigenvalue weighted by Crippen LogP contribution is -2.17. The molecular weight excluding hydrogens is 281 g/mol. The highest BCUT2D eigenvalue weighted by atomic mass is 19.1. The third kappa shape index (κ3) is 3.72. The summed E-state index contributed by atoms with van der Waals surface area (Å²) >= 11 is 0. The van der Waals surface area contributed by atoms with Gasteiger partial charge in [0, 0.05) is 0 Å². The van der Waals surface area contributed by atoms with E-state index in [9.17, 15) is 14.0 Å². The van der Waals surface area contributed by atoms with Gasteiger partial charge in [-0.2, -0.15) is 0 Å². The van der Waals surface area contributed by atoms with Gasteiger partial charge in [0.1, 0.15) is 12.9 Å². The number of carboxylic acid groups (broad SMARTS) is 1. The molecule has 0 spiro atoms. The van der Waals surface area contributed by atoms with E-state index in [0.717, 1.165) is 11.9 Å². The van der Waals surface area contributed by atoms with Crippen molar-refractivity contribution in [1.82, 2.24) is 9.97 Å². The molecule has 1 amide bonds. The van der Waals surface area contributed by atoms with Crippen LogP contribution >= 0.6 is 0 Å². The predicted molar refractivity (Wildman–Crippen MR) is 69.2 cm³/mol. The molecule has 0 aliphatic heterocycles. The summed E-state index contributed by atoms with van der Waals surface area (Å²) in [7, 11) is 0. The third-order valence-electron chi connectivity index (χ3n) is 2.43. The van der Waals surface area contributed by atoms with Gasteiger partial charge in [0.15, 0.2) is 17.3 Å². The number of ether oxygens (including phenoxy) is 1. The largest absolute Gasteiger partial charge is 0.476 e. The van der Waals surface area contributed by atoms with Gasteiger partial charge in [-0.05, 0) is 5.56 Å². The molecule has 8 heteroatoms. The second-order valence-corrected chi connectivity index (χ2v) is 3.88. The number of aromatic nitrogens is 2. The first-order valence-corrected chi connectivity index (χ1v) is 5.79. The Bertz CT molecular complexity index is 664. The van der Waals surface area contributed by atoms with Crippen molar-refractivity contribution in [2.24, 2.45) is 0 Å². The Labute approximate surface area is 118 Å². The number of aromatic carboxylic acids is 1. The lowest BCUT2D eigenvalue weighted by atomic mass is 10.2. The van der Waals surface area contributed by atoms with Crippen molar-refractivity contribution in [1.29, 1.82) is 0 Å². The molecule has 1 aromatic carbocycles. The number of anilines is 1. The summed E-state index contributed by atoms with van der Waals surface area (Å²) in [6.07, 6.45) is -0.118. The summed E-state index contributed by atoms with van der Waals surface area (Å²) in [4.78, 5) is 28.9. The smallest absolute Gasteiger partial charge is 0.413 e. The van der Waals surface area contributed by atoms with Crippen LogP contribution in [0.5, 0.6) is 0 Å². The Kier molecular flexibility index (Phi) is 4.39. The number of carbonyl (C=O) groups is 2. The quantitative estimate of drug-likeness (QED) is 0.894. The highest BCUT2D eigenvalue weighted by Gasteiger charge is 2.18. The Hall–Kier alpha value is -3.03. The van der Waals surface area contributed by atoms with Crippen molar-refractivity contribution in [2.75, 3.05) is 5.32 Å². The highest BCUT2D eigenvalue weighted by molar-refractivity contribution is 5.89. The molecule has 108 valence electrons. The molecule has 0 aliphatic rings. The molecule has 2 rings (SSSR count). The molecule has 7 nitrogen and oxygen atoms in total. The summed E-state index contributed by atoms with van der Waals surface area (Å²) < 4.78 is 18.5. The van der Waals surface area contributed by atoms with Gasteiger partial charge in [-0.1, -0.05) is 30.3 Å². The normalized spacial score (nSPS) is 9.95. The van der Waals surface area contributed by atoms with Gasteiger partial charge in [0.25, 0.3) is 0 Å². The number of hydrogen-bond donors (Lipinski definition) is 2. The second kappa shape index (κ2) is 6.42. The number of carboxylic acids is 1. The lowest BCUT2D eigenvalue weighted by molar-refractivity contribution is 0.0684. The van der Waals surface area contributed by atoms with Gasteiger partial charge in [0.2, 0.25) is 0 Å². The van der Waals surface area contributed by atoms with Gasteiger partial charge in [-0.15, -0.1) is 0 Å². The van der Waals surface area contributed by atoms with Crippen LogP contribution in [0.3, 0.4) is 0 Å². The van der Waals surface area contributed by atoms with Crippen LogP contribution in [0, 0.1) is 5.82 Å². The molecule has 0 fully saturated rings. The minimum absolute atomic E-state index is 0.00877. The molecule has 1 heterocycles. The number of nitrogens with zero attached hydrogens (tertiary/aromatic N) is 2. The first kappa shape index (κ1) is 14.4. The minimum Gasteiger partial charge on any atom is -0.476 e. The van der Waals surface area contributed by atoms with E-state index in [2.05, 4.69) is 9.97 Å². The van der Waals surface area contributed by atoms with E-state index < -0.39 is 29.4 Å². The summed E-state index contributed by atoms with van der Waals surface area (Å²) in [6, 6.07) is 8.87. The molecule has 2 aromatic rings. The van der Waals surface area contributed by atoms with Crippen LogP contribution in [0.15, 0.2) is 36.7 Å². The van der Waals surface area contributed by atoms with E-state index in [4.69, 9.17) is 9.84 Å². The van der Waals surface area contributed by atoms with Crippen LogP contribution in [-0.4, -0.2) is 27.1 Å². The zero-order chi connectivity index (χ0) is 15.2. The van der Waals surface area contributed by atoms with Crippen molar-refractivity contribution >= 4 is 17.9 Å². The maximum atomic E-state index is 13.7. The van der Waals surface area contributed by atoms with Crippen molar-refractivity contribution in [3.63, 3.8) is 0 Å². The zero-order valence-electron chi connectivity index (χ0n) is 10.6. The predicted octanol–water partition coefficient (Wildman–Crippen LogP) is 2.06. The molecule has 0 aliphatic carbocycles. The fourth-order valence-corrected chi connectivity index (χ4v) is 1.46. The molecule has 0 saturated carbocycles. The Morgan fingerprint density at radius 2 is 1.95 bits per heavy atom. The highest BCUT2D eigenvalue weighted by Crippen LogP contribution is 2.13. The van der Waals surface area contributed by atoms with Crippen LogP contribution in [0.25, 0.3) is 0 Å². The number of benzene rings is 1. The van der Waals surface area contributed by atoms with E-state index in [1.165, 1.54) is 0 Å². The van der Waals surface area contributed by atoms with Crippen LogP contribution in [0.4, 0.5) is 15.0 Å². The van der Waals surface area contributed by atoms with Crippen molar-refractivity contribution in [3.05, 3.63) is 53.7 Å². The summed E-state index contributed by atoms with van der Waals surface area (Å²) in [5.41, 5.74) is -0.0783. The van der Waals surface area contributed by atoms with Gasteiger partial charge in [-0.25, -0.2) is 23.9 Å². The molecular formula is C13H10FN3O4. The number of rotatable bonds is 4. The van der Waals surface area contributed by atoms with Gasteiger partial charge in [0.05, 0.1) is 0 Å². The maximum absolute atomic E-state index is 13.7. The molecule has 0 radical (unpaired) electrons. The van der Waals surface area contributed by atoms with Gasteiger partial charge in [-0.3, -0.25) is 5.32 Å². The van der Waals surface area contributed by atoms with Crippen LogP contribution in [-0.2, 0) is 11.3 Å². The third-order valence-corrected chi connectivity index (χ3v) is 2.43. The van der Waals surface area contributed by atoms with E-state index in [-0.39, 0.29) is 6.61 Å². The van der Waals surface area contributed by atoms with E-state index >= 15 is 0 Å². The second-order valence-electron chi connectivity index (χ2n) is 3.88. The number of hydrogen-bond acceptors (Lipinski definition) is 5. The number of nitrogens with one attached hydrogen (secondary N) is 1. The van der Waals surface area contributed by atoms with Crippen LogP contribution in [0.2, 0.25) is 0 Å². The molecule has 0 unspecified atom stereocenters. The average molecular weight is 291 g/mol. The lowest BCUT2D eigenvalue weighted by Gasteiger charge is -2.07. The molecule has 0 atom stereocenters. The standard InChI is InChI=1S/C13H10FN3O4/c14-9-10(12(18)19)15-7-16-11(9)17-13(20)21-6-8-4-2-1-3-5-8/h1-5,7H,6H2,(H,18,19)(H,15,16,17,20). The fourth-order valence-electron chi connectivity index (χ4n) is 1.46. The van der Waals surface area contributed by atoms with Crippen LogP contribution < -0.4 is 5.32 Å². The van der Waals surface area contributed by atoms with Gasteiger partial charge >= 0.3 is 12.1 Å². The van der Waals surface area contributed by atoms with E-state index in [1.807, 2.05) is 11.4 Å². The fraction of sp³-hybridized carbons (Fsp3) is 0.0769. The summed E-state index contributed by atoms with van der Waals surface area (Å²) in [5.74, 6) is -3.35. The van der Waals surface area contributed by atoms with Crippen molar-refractivity contribution in [3.8, 4) is 0 Å². The van der Waals surface area contributed by atoms with Crippen molar-refractivity contribution < 1.29 is 23.8 Å². The van der Waals surface area contributed by atoms with Crippen molar-refractivity contribution in [2.45, 2.75) is 6.61 Å². The number of amides is 1. The topological polar surface area (TPSA) is 101 Å². The molecule has 21 heavy (non-hydrogen) atoms. The summed E-state index contributed by atoms with van der Waals surface area (Å²) in [5, 5.41) is 10.7. The Balaban J connectivity index is 2.00. The van der Waals surface area contributed by atoms with E-state index in [1.54, 1.807) is 24.3 Å². The molecule has 1 aromatic heterocycles. The zero-order valence-corrected chi connectivity index (χ0v) is 10.6. The first-order valence-electron chi connectivity index (χ1n) is 5.79. The monoisotopic (exact) mass is 291 g/mol. The minimum atomic E-state index is -1.56. The Morgan fingerprint density at radius 1 is 1.24 bits per heavy atom. The Morgan fingerprint density at radius 3 is 2.62 bits per heavy atom. The number of carbonyl (C=O) groups excluding carboxylic acids is 1. The molecule has 0 bridgehead atoms. The average Bonchev–Trinajstić information content (AvgIpc) is 2.48.